The molecule has 2 saturated heterocycles. The number of fused-ring (bicyclic) bond motifs is 3. The zero-order valence-corrected chi connectivity index (χ0v) is 24.1. The first-order valence-electron chi connectivity index (χ1n) is 14.4. The molecule has 0 amide bonds. The number of piperazine rings is 1. The minimum Gasteiger partial charge on any atom is -0.376 e. The Morgan fingerprint density at radius 1 is 1.10 bits per heavy atom. The van der Waals surface area contributed by atoms with E-state index < -0.39 is 11.7 Å². The number of aryl methyl sites for hydroxylation is 1. The number of hydrogen-bond acceptors (Lipinski definition) is 7. The molecular formula is C29H37F3N8O. The second-order valence-electron chi connectivity index (χ2n) is 11.9. The quantitative estimate of drug-likeness (QED) is 0.312. The molecule has 1 unspecified atom stereocenters. The van der Waals surface area contributed by atoms with Crippen LogP contribution in [0.3, 0.4) is 0 Å². The maximum atomic E-state index is 13.6. The molecule has 2 fully saturated rings. The molecule has 4 atom stereocenters. The van der Waals surface area contributed by atoms with Crippen molar-refractivity contribution in [1.29, 1.82) is 0 Å². The molecule has 12 heteroatoms. The monoisotopic (exact) mass is 570 g/mol. The summed E-state index contributed by atoms with van der Waals surface area (Å²) in [6.07, 6.45) is -0.489. The number of nitrogens with zero attached hydrogens (tertiary/aromatic N) is 8. The molecule has 0 aliphatic carbocycles. The fraction of sp³-hybridized carbons (Fsp3) is 0.586. The van der Waals surface area contributed by atoms with Gasteiger partial charge in [0.05, 0.1) is 18.2 Å². The van der Waals surface area contributed by atoms with Gasteiger partial charge in [0.2, 0.25) is 0 Å². The van der Waals surface area contributed by atoms with Crippen molar-refractivity contribution in [2.24, 2.45) is 5.92 Å². The van der Waals surface area contributed by atoms with Crippen molar-refractivity contribution < 1.29 is 17.9 Å². The van der Waals surface area contributed by atoms with E-state index in [2.05, 4.69) is 52.3 Å². The zero-order chi connectivity index (χ0) is 29.1. The van der Waals surface area contributed by atoms with Crippen LogP contribution in [0.1, 0.15) is 63.5 Å². The molecule has 2 aliphatic rings. The highest BCUT2D eigenvalue weighted by Gasteiger charge is 2.38. The Morgan fingerprint density at radius 2 is 1.90 bits per heavy atom. The maximum Gasteiger partial charge on any atom is 0.416 e. The lowest BCUT2D eigenvalue weighted by molar-refractivity contribution is -0.137. The Hall–Kier alpha value is -3.25. The molecule has 0 radical (unpaired) electrons. The van der Waals surface area contributed by atoms with Crippen LogP contribution in [-0.4, -0.2) is 71.9 Å². The van der Waals surface area contributed by atoms with E-state index in [4.69, 9.17) is 14.7 Å². The summed E-state index contributed by atoms with van der Waals surface area (Å²) in [5, 5.41) is 8.42. The van der Waals surface area contributed by atoms with Gasteiger partial charge in [0.1, 0.15) is 17.7 Å². The minimum absolute atomic E-state index is 0.0305. The van der Waals surface area contributed by atoms with Crippen molar-refractivity contribution in [3.05, 3.63) is 47.5 Å². The average molecular weight is 571 g/mol. The molecule has 0 N–H and O–H groups in total. The highest BCUT2D eigenvalue weighted by molar-refractivity contribution is 5.87. The highest BCUT2D eigenvalue weighted by Crippen LogP contribution is 2.38. The second-order valence-corrected chi connectivity index (χ2v) is 11.9. The molecule has 41 heavy (non-hydrogen) atoms. The van der Waals surface area contributed by atoms with Crippen molar-refractivity contribution >= 4 is 22.8 Å². The van der Waals surface area contributed by atoms with Gasteiger partial charge in [-0.1, -0.05) is 26.0 Å². The van der Waals surface area contributed by atoms with Crippen molar-refractivity contribution in [2.45, 2.75) is 84.4 Å². The van der Waals surface area contributed by atoms with Crippen LogP contribution in [0, 0.1) is 12.8 Å². The van der Waals surface area contributed by atoms with Crippen LogP contribution in [0.25, 0.3) is 16.9 Å². The van der Waals surface area contributed by atoms with Crippen molar-refractivity contribution in [1.82, 2.24) is 34.0 Å². The first-order chi connectivity index (χ1) is 19.5. The van der Waals surface area contributed by atoms with Gasteiger partial charge in [-0.3, -0.25) is 4.90 Å². The molecule has 0 saturated carbocycles. The number of hydrogen-bond donors (Lipinski definition) is 0. The van der Waals surface area contributed by atoms with E-state index in [-0.39, 0.29) is 30.1 Å². The Balaban J connectivity index is 1.35. The molecule has 5 heterocycles. The fourth-order valence-electron chi connectivity index (χ4n) is 6.65. The summed E-state index contributed by atoms with van der Waals surface area (Å²) >= 11 is 0. The molecular weight excluding hydrogens is 533 g/mol. The van der Waals surface area contributed by atoms with Crippen LogP contribution in [-0.2, 0) is 17.5 Å². The summed E-state index contributed by atoms with van der Waals surface area (Å²) in [5.74, 6) is 2.26. The van der Waals surface area contributed by atoms with Crippen molar-refractivity contribution in [3.8, 4) is 0 Å². The Morgan fingerprint density at radius 3 is 2.61 bits per heavy atom. The first-order valence-corrected chi connectivity index (χ1v) is 14.4. The summed E-state index contributed by atoms with van der Waals surface area (Å²) in [7, 11) is 0. The first kappa shape index (κ1) is 27.9. The van der Waals surface area contributed by atoms with Crippen LogP contribution in [0.5, 0.6) is 0 Å². The molecule has 2 aliphatic heterocycles. The van der Waals surface area contributed by atoms with E-state index in [0.717, 1.165) is 48.3 Å². The van der Waals surface area contributed by atoms with Gasteiger partial charge in [0, 0.05) is 37.8 Å². The number of halogens is 3. The predicted molar refractivity (Wildman–Crippen MR) is 150 cm³/mol. The molecule has 220 valence electrons. The molecule has 4 aromatic rings. The Labute approximate surface area is 237 Å². The molecule has 3 aromatic heterocycles. The second kappa shape index (κ2) is 10.5. The number of imidazole rings is 1. The summed E-state index contributed by atoms with van der Waals surface area (Å²) in [5.41, 5.74) is 1.77. The standard InChI is InChI=1S/C29H37F3N8O/c1-17(2)25(21-8-6-9-22(12-21)29(30,31)32)37-13-19(4)38(14-18(37)3)26-24-27(40-16-33-36-28(40)35-26)39(20(5)34-24)15-23-10-7-11-41-23/h6,8-9,12,16-19,23,25H,7,10-11,13-15H2,1-5H3/t18-,19+,23?,25+/m1/s1. The predicted octanol–water partition coefficient (Wildman–Crippen LogP) is 5.28. The van der Waals surface area contributed by atoms with Gasteiger partial charge >= 0.3 is 6.18 Å². The largest absolute Gasteiger partial charge is 0.416 e. The van der Waals surface area contributed by atoms with E-state index >= 15 is 0 Å². The van der Waals surface area contributed by atoms with Crippen molar-refractivity contribution in [2.75, 3.05) is 24.6 Å². The van der Waals surface area contributed by atoms with E-state index in [9.17, 15) is 13.2 Å². The third kappa shape index (κ3) is 5.05. The summed E-state index contributed by atoms with van der Waals surface area (Å²) < 4.78 is 50.7. The molecule has 0 bridgehead atoms. The van der Waals surface area contributed by atoms with Gasteiger partial charge in [0.15, 0.2) is 11.5 Å². The summed E-state index contributed by atoms with van der Waals surface area (Å²) in [4.78, 5) is 14.5. The molecule has 0 spiro atoms. The smallest absolute Gasteiger partial charge is 0.376 e. The summed E-state index contributed by atoms with van der Waals surface area (Å²) in [6.45, 7) is 13.2. The van der Waals surface area contributed by atoms with Crippen LogP contribution in [0.4, 0.5) is 19.0 Å². The van der Waals surface area contributed by atoms with Gasteiger partial charge in [-0.05, 0) is 57.2 Å². The average Bonchev–Trinajstić information content (AvgIpc) is 3.66. The lowest BCUT2D eigenvalue weighted by atomic mass is 9.90. The van der Waals surface area contributed by atoms with Gasteiger partial charge in [-0.15, -0.1) is 10.2 Å². The van der Waals surface area contributed by atoms with Gasteiger partial charge < -0.3 is 14.2 Å². The van der Waals surface area contributed by atoms with E-state index in [1.807, 2.05) is 17.4 Å². The lowest BCUT2D eigenvalue weighted by Crippen LogP contribution is -2.58. The lowest BCUT2D eigenvalue weighted by Gasteiger charge is -2.49. The molecule has 9 nitrogen and oxygen atoms in total. The van der Waals surface area contributed by atoms with Gasteiger partial charge in [-0.25, -0.2) is 9.38 Å². The SMILES string of the molecule is Cc1nc2c(N3C[C@@H](C)N([C@H](c4cccc(C(F)(F)F)c4)C(C)C)C[C@@H]3C)nc3nncn3c2n1CC1CCCO1. The Kier molecular flexibility index (Phi) is 7.17. The number of anilines is 1. The summed E-state index contributed by atoms with van der Waals surface area (Å²) in [6, 6.07) is 5.71. The number of aromatic nitrogens is 6. The topological polar surface area (TPSA) is 76.6 Å². The molecule has 1 aromatic carbocycles. The number of alkyl halides is 3. The van der Waals surface area contributed by atoms with Crippen LogP contribution in [0.2, 0.25) is 0 Å². The normalized spacial score (nSPS) is 23.3. The third-order valence-corrected chi connectivity index (χ3v) is 8.57. The van der Waals surface area contributed by atoms with Crippen LogP contribution in [0.15, 0.2) is 30.6 Å². The minimum atomic E-state index is -4.38. The third-order valence-electron chi connectivity index (χ3n) is 8.57. The number of ether oxygens (including phenoxy) is 1. The van der Waals surface area contributed by atoms with E-state index in [1.165, 1.54) is 12.1 Å². The van der Waals surface area contributed by atoms with Gasteiger partial charge in [-0.2, -0.15) is 18.2 Å². The zero-order valence-electron chi connectivity index (χ0n) is 24.1. The molecule has 6 rings (SSSR count). The van der Waals surface area contributed by atoms with E-state index in [1.54, 1.807) is 6.33 Å². The Bertz CT molecular complexity index is 1540. The van der Waals surface area contributed by atoms with E-state index in [0.29, 0.717) is 31.0 Å². The maximum absolute atomic E-state index is 13.6. The fourth-order valence-corrected chi connectivity index (χ4v) is 6.65. The number of benzene rings is 1. The van der Waals surface area contributed by atoms with Crippen LogP contribution < -0.4 is 4.90 Å². The van der Waals surface area contributed by atoms with Crippen molar-refractivity contribution in [3.63, 3.8) is 0 Å². The van der Waals surface area contributed by atoms with Crippen LogP contribution >= 0.6 is 0 Å². The number of rotatable bonds is 6. The highest BCUT2D eigenvalue weighted by atomic mass is 19.4. The van der Waals surface area contributed by atoms with Gasteiger partial charge in [0.25, 0.3) is 5.78 Å².